The number of hydrogen-bond acceptors (Lipinski definition) is 3. The molecule has 1 atom stereocenters. The van der Waals surface area contributed by atoms with Gasteiger partial charge in [-0.2, -0.15) is 0 Å². The molecule has 1 unspecified atom stereocenters. The molecule has 0 aliphatic carbocycles. The van der Waals surface area contributed by atoms with E-state index in [-0.39, 0.29) is 6.04 Å². The van der Waals surface area contributed by atoms with E-state index < -0.39 is 11.6 Å². The van der Waals surface area contributed by atoms with Crippen LogP contribution in [-0.2, 0) is 6.54 Å². The molecule has 112 valence electrons. The molecule has 1 saturated heterocycles. The van der Waals surface area contributed by atoms with Crippen LogP contribution in [0.25, 0.3) is 0 Å². The molecule has 21 heavy (non-hydrogen) atoms. The second-order valence-corrected chi connectivity index (χ2v) is 5.60. The molecule has 0 N–H and O–H groups in total. The number of aromatic nitrogens is 1. The Morgan fingerprint density at radius 3 is 2.81 bits per heavy atom. The summed E-state index contributed by atoms with van der Waals surface area (Å²) in [4.78, 5) is 2.21. The van der Waals surface area contributed by atoms with Crippen LogP contribution in [0.3, 0.4) is 0 Å². The predicted octanol–water partition coefficient (Wildman–Crippen LogP) is 3.91. The minimum atomic E-state index is -0.542. The molecule has 0 bridgehead atoms. The maximum Gasteiger partial charge on any atom is 0.138 e. The van der Waals surface area contributed by atoms with E-state index in [9.17, 15) is 8.78 Å². The lowest BCUT2D eigenvalue weighted by Gasteiger charge is -2.24. The van der Waals surface area contributed by atoms with E-state index in [1.807, 2.05) is 13.8 Å². The molecule has 3 nitrogen and oxygen atoms in total. The summed E-state index contributed by atoms with van der Waals surface area (Å²) >= 11 is 0. The van der Waals surface area contributed by atoms with Crippen LogP contribution in [0.2, 0.25) is 0 Å². The summed E-state index contributed by atoms with van der Waals surface area (Å²) in [7, 11) is 0. The Labute approximate surface area is 122 Å². The van der Waals surface area contributed by atoms with E-state index in [0.29, 0.717) is 12.1 Å². The van der Waals surface area contributed by atoms with Crippen molar-refractivity contribution in [1.82, 2.24) is 10.1 Å². The Bertz CT molecular complexity index is 634. The number of aryl methyl sites for hydroxylation is 2. The van der Waals surface area contributed by atoms with Crippen molar-refractivity contribution in [3.8, 4) is 0 Å². The number of hydrogen-bond donors (Lipinski definition) is 0. The second-order valence-electron chi connectivity index (χ2n) is 5.60. The zero-order valence-corrected chi connectivity index (χ0v) is 12.2. The van der Waals surface area contributed by atoms with E-state index in [1.165, 1.54) is 12.1 Å². The van der Waals surface area contributed by atoms with Crippen molar-refractivity contribution in [2.24, 2.45) is 0 Å². The summed E-state index contributed by atoms with van der Waals surface area (Å²) in [5.41, 5.74) is 2.52. The highest BCUT2D eigenvalue weighted by Crippen LogP contribution is 2.36. The smallest absolute Gasteiger partial charge is 0.138 e. The van der Waals surface area contributed by atoms with Gasteiger partial charge in [0, 0.05) is 29.8 Å². The first-order chi connectivity index (χ1) is 10.1. The van der Waals surface area contributed by atoms with Crippen molar-refractivity contribution < 1.29 is 13.3 Å². The molecule has 2 heterocycles. The molecule has 1 aliphatic heterocycles. The Kier molecular flexibility index (Phi) is 3.76. The Morgan fingerprint density at radius 1 is 1.33 bits per heavy atom. The molecule has 1 aromatic carbocycles. The van der Waals surface area contributed by atoms with Gasteiger partial charge in [-0.15, -0.1) is 0 Å². The van der Waals surface area contributed by atoms with E-state index >= 15 is 0 Å². The average molecular weight is 292 g/mol. The molecule has 0 spiro atoms. The largest absolute Gasteiger partial charge is 0.361 e. The molecule has 0 saturated carbocycles. The number of nitrogens with zero attached hydrogens (tertiary/aromatic N) is 2. The van der Waals surface area contributed by atoms with Crippen molar-refractivity contribution in [2.75, 3.05) is 6.54 Å². The van der Waals surface area contributed by atoms with Crippen molar-refractivity contribution in [3.05, 3.63) is 52.4 Å². The van der Waals surface area contributed by atoms with E-state index in [1.54, 1.807) is 0 Å². The zero-order valence-electron chi connectivity index (χ0n) is 12.2. The van der Waals surface area contributed by atoms with E-state index in [0.717, 1.165) is 42.5 Å². The highest BCUT2D eigenvalue weighted by Gasteiger charge is 2.31. The Balaban J connectivity index is 1.85. The Morgan fingerprint density at radius 2 is 2.14 bits per heavy atom. The number of benzene rings is 1. The highest BCUT2D eigenvalue weighted by atomic mass is 19.1. The SMILES string of the molecule is Cc1noc(C)c1C1CCCN1Cc1ccc(F)cc1F. The predicted molar refractivity (Wildman–Crippen MR) is 74.7 cm³/mol. The maximum atomic E-state index is 13.8. The van der Waals surface area contributed by atoms with Gasteiger partial charge in [-0.05, 0) is 39.3 Å². The van der Waals surface area contributed by atoms with Gasteiger partial charge in [-0.3, -0.25) is 4.90 Å². The summed E-state index contributed by atoms with van der Waals surface area (Å²) in [6.45, 7) is 5.21. The normalized spacial score (nSPS) is 19.3. The lowest BCUT2D eigenvalue weighted by atomic mass is 10.0. The summed E-state index contributed by atoms with van der Waals surface area (Å²) in [6, 6.07) is 3.96. The summed E-state index contributed by atoms with van der Waals surface area (Å²) in [5.74, 6) is -0.205. The van der Waals surface area contributed by atoms with Gasteiger partial charge in [0.05, 0.1) is 5.69 Å². The standard InChI is InChI=1S/C16H18F2N2O/c1-10-16(11(2)21-19-10)15-4-3-7-20(15)9-12-5-6-13(17)8-14(12)18/h5-6,8,15H,3-4,7,9H2,1-2H3. The second kappa shape index (κ2) is 5.56. The van der Waals surface area contributed by atoms with Crippen molar-refractivity contribution in [2.45, 2.75) is 39.3 Å². The first kappa shape index (κ1) is 14.2. The van der Waals surface area contributed by atoms with Gasteiger partial charge in [-0.1, -0.05) is 11.2 Å². The fourth-order valence-electron chi connectivity index (χ4n) is 3.18. The molecular formula is C16H18F2N2O. The molecular weight excluding hydrogens is 274 g/mol. The van der Waals surface area contributed by atoms with Crippen LogP contribution in [0.4, 0.5) is 8.78 Å². The molecule has 2 aromatic rings. The van der Waals surface area contributed by atoms with Crippen molar-refractivity contribution >= 4 is 0 Å². The summed E-state index contributed by atoms with van der Waals surface area (Å²) in [6.07, 6.45) is 2.06. The number of halogens is 2. The minimum Gasteiger partial charge on any atom is -0.361 e. The van der Waals surface area contributed by atoms with Crippen LogP contribution < -0.4 is 0 Å². The first-order valence-corrected chi connectivity index (χ1v) is 7.17. The lowest BCUT2D eigenvalue weighted by Crippen LogP contribution is -2.24. The Hall–Kier alpha value is -1.75. The fraction of sp³-hybridized carbons (Fsp3) is 0.438. The van der Waals surface area contributed by atoms with Gasteiger partial charge in [0.2, 0.25) is 0 Å². The van der Waals surface area contributed by atoms with Crippen molar-refractivity contribution in [3.63, 3.8) is 0 Å². The van der Waals surface area contributed by atoms with Crippen LogP contribution in [0.1, 0.15) is 41.5 Å². The van der Waals surface area contributed by atoms with Crippen molar-refractivity contribution in [1.29, 1.82) is 0 Å². The highest BCUT2D eigenvalue weighted by molar-refractivity contribution is 5.27. The quantitative estimate of drug-likeness (QED) is 0.859. The van der Waals surface area contributed by atoms with Crippen LogP contribution in [-0.4, -0.2) is 16.6 Å². The van der Waals surface area contributed by atoms with Crippen LogP contribution in [0.5, 0.6) is 0 Å². The average Bonchev–Trinajstić information content (AvgIpc) is 3.00. The zero-order chi connectivity index (χ0) is 15.0. The van der Waals surface area contributed by atoms with Gasteiger partial charge in [0.25, 0.3) is 0 Å². The van der Waals surface area contributed by atoms with E-state index in [2.05, 4.69) is 10.1 Å². The van der Waals surface area contributed by atoms with Crippen LogP contribution in [0.15, 0.2) is 22.7 Å². The molecule has 0 amide bonds. The summed E-state index contributed by atoms with van der Waals surface area (Å²) in [5, 5.41) is 4.01. The van der Waals surface area contributed by atoms with Gasteiger partial charge < -0.3 is 4.52 Å². The molecule has 1 fully saturated rings. The van der Waals surface area contributed by atoms with Gasteiger partial charge in [-0.25, -0.2) is 8.78 Å². The number of likely N-dealkylation sites (tertiary alicyclic amines) is 1. The minimum absolute atomic E-state index is 0.195. The van der Waals surface area contributed by atoms with Crippen LogP contribution >= 0.6 is 0 Å². The van der Waals surface area contributed by atoms with Gasteiger partial charge in [0.15, 0.2) is 0 Å². The molecule has 5 heteroatoms. The molecule has 1 aliphatic rings. The fourth-order valence-corrected chi connectivity index (χ4v) is 3.18. The monoisotopic (exact) mass is 292 g/mol. The third kappa shape index (κ3) is 2.70. The van der Waals surface area contributed by atoms with Gasteiger partial charge in [0.1, 0.15) is 17.4 Å². The summed E-state index contributed by atoms with van der Waals surface area (Å²) < 4.78 is 32.1. The molecule has 0 radical (unpaired) electrons. The van der Waals surface area contributed by atoms with E-state index in [4.69, 9.17) is 4.52 Å². The number of rotatable bonds is 3. The van der Waals surface area contributed by atoms with Gasteiger partial charge >= 0.3 is 0 Å². The molecule has 3 rings (SSSR count). The topological polar surface area (TPSA) is 29.3 Å². The maximum absolute atomic E-state index is 13.8. The lowest BCUT2D eigenvalue weighted by molar-refractivity contribution is 0.242. The first-order valence-electron chi connectivity index (χ1n) is 7.17. The third-order valence-electron chi connectivity index (χ3n) is 4.17. The molecule has 1 aromatic heterocycles. The van der Waals surface area contributed by atoms with Crippen LogP contribution in [0, 0.1) is 25.5 Å². The third-order valence-corrected chi connectivity index (χ3v) is 4.17.